The van der Waals surface area contributed by atoms with Crippen LogP contribution >= 0.6 is 0 Å². The monoisotopic (exact) mass is 362 g/mol. The summed E-state index contributed by atoms with van der Waals surface area (Å²) in [6, 6.07) is 14.0. The standard InChI is InChI=1S/C22H22N2O3/c1-15-12-16(2)24(23-15)14-19-13-17(5-11-22(19)27-3)4-10-21(26)18-6-8-20(25)9-7-18/h4-13,25H,14H2,1-3H3/b10-4+. The van der Waals surface area contributed by atoms with Gasteiger partial charge in [0, 0.05) is 16.8 Å². The van der Waals surface area contributed by atoms with Gasteiger partial charge < -0.3 is 9.84 Å². The smallest absolute Gasteiger partial charge is 0.185 e. The average molecular weight is 362 g/mol. The second-order valence-corrected chi connectivity index (χ2v) is 6.40. The van der Waals surface area contributed by atoms with Crippen molar-refractivity contribution < 1.29 is 14.6 Å². The van der Waals surface area contributed by atoms with E-state index in [0.717, 1.165) is 28.3 Å². The Balaban J connectivity index is 1.83. The zero-order chi connectivity index (χ0) is 19.4. The molecule has 5 heteroatoms. The molecule has 0 aliphatic rings. The fourth-order valence-electron chi connectivity index (χ4n) is 2.92. The second-order valence-electron chi connectivity index (χ2n) is 6.40. The summed E-state index contributed by atoms with van der Waals surface area (Å²) in [5, 5.41) is 13.8. The van der Waals surface area contributed by atoms with E-state index in [0.29, 0.717) is 12.1 Å². The lowest BCUT2D eigenvalue weighted by molar-refractivity contribution is 0.104. The molecule has 0 fully saturated rings. The van der Waals surface area contributed by atoms with Crippen LogP contribution in [0.15, 0.2) is 54.6 Å². The van der Waals surface area contributed by atoms with Crippen molar-refractivity contribution in [2.75, 3.05) is 7.11 Å². The highest BCUT2D eigenvalue weighted by Crippen LogP contribution is 2.22. The van der Waals surface area contributed by atoms with Gasteiger partial charge in [0.2, 0.25) is 0 Å². The van der Waals surface area contributed by atoms with Gasteiger partial charge in [-0.2, -0.15) is 5.10 Å². The van der Waals surface area contributed by atoms with E-state index in [1.54, 1.807) is 25.3 Å². The molecule has 2 aromatic carbocycles. The van der Waals surface area contributed by atoms with Crippen molar-refractivity contribution in [1.82, 2.24) is 9.78 Å². The van der Waals surface area contributed by atoms with Gasteiger partial charge in [-0.05, 0) is 68.0 Å². The van der Waals surface area contributed by atoms with Gasteiger partial charge in [0.1, 0.15) is 11.5 Å². The predicted molar refractivity (Wildman–Crippen MR) is 105 cm³/mol. The number of hydrogen-bond donors (Lipinski definition) is 1. The maximum absolute atomic E-state index is 12.3. The normalized spacial score (nSPS) is 11.1. The van der Waals surface area contributed by atoms with Crippen molar-refractivity contribution in [3.63, 3.8) is 0 Å². The zero-order valence-electron chi connectivity index (χ0n) is 15.6. The molecule has 5 nitrogen and oxygen atoms in total. The van der Waals surface area contributed by atoms with E-state index < -0.39 is 0 Å². The Bertz CT molecular complexity index is 985. The Labute approximate surface area is 158 Å². The van der Waals surface area contributed by atoms with Crippen molar-refractivity contribution in [2.45, 2.75) is 20.4 Å². The number of phenols is 1. The van der Waals surface area contributed by atoms with Crippen LogP contribution in [0.2, 0.25) is 0 Å². The van der Waals surface area contributed by atoms with Crippen LogP contribution in [0, 0.1) is 13.8 Å². The van der Waals surface area contributed by atoms with Crippen molar-refractivity contribution in [1.29, 1.82) is 0 Å². The molecule has 3 aromatic rings. The topological polar surface area (TPSA) is 64.3 Å². The first-order valence-corrected chi connectivity index (χ1v) is 8.65. The molecular weight excluding hydrogens is 340 g/mol. The number of hydrogen-bond acceptors (Lipinski definition) is 4. The van der Waals surface area contributed by atoms with Crippen LogP contribution in [0.5, 0.6) is 11.5 Å². The first-order chi connectivity index (χ1) is 13.0. The molecule has 1 N–H and O–H groups in total. The van der Waals surface area contributed by atoms with Gasteiger partial charge in [-0.3, -0.25) is 9.48 Å². The van der Waals surface area contributed by atoms with E-state index in [4.69, 9.17) is 4.74 Å². The van der Waals surface area contributed by atoms with Crippen LogP contribution in [-0.2, 0) is 6.54 Å². The molecule has 1 heterocycles. The van der Waals surface area contributed by atoms with E-state index in [-0.39, 0.29) is 11.5 Å². The summed E-state index contributed by atoms with van der Waals surface area (Å²) in [6.45, 7) is 4.58. The third kappa shape index (κ3) is 4.44. The molecule has 27 heavy (non-hydrogen) atoms. The van der Waals surface area contributed by atoms with Crippen LogP contribution in [0.1, 0.15) is 32.9 Å². The summed E-state index contributed by atoms with van der Waals surface area (Å²) in [6.07, 6.45) is 3.31. The SMILES string of the molecule is COc1ccc(/C=C/C(=O)c2ccc(O)cc2)cc1Cn1nc(C)cc1C. The van der Waals surface area contributed by atoms with E-state index in [9.17, 15) is 9.90 Å². The Morgan fingerprint density at radius 1 is 1.15 bits per heavy atom. The summed E-state index contributed by atoms with van der Waals surface area (Å²) in [5.41, 5.74) is 4.47. The third-order valence-electron chi connectivity index (χ3n) is 4.31. The van der Waals surface area contributed by atoms with Crippen molar-refractivity contribution in [3.8, 4) is 11.5 Å². The van der Waals surface area contributed by atoms with Crippen LogP contribution in [0.4, 0.5) is 0 Å². The molecule has 0 saturated carbocycles. The first kappa shape index (κ1) is 18.5. The van der Waals surface area contributed by atoms with Gasteiger partial charge in [0.25, 0.3) is 0 Å². The van der Waals surface area contributed by atoms with E-state index in [1.165, 1.54) is 18.2 Å². The Morgan fingerprint density at radius 3 is 2.52 bits per heavy atom. The minimum Gasteiger partial charge on any atom is -0.508 e. The molecule has 0 amide bonds. The second kappa shape index (κ2) is 7.91. The minimum atomic E-state index is -0.120. The molecule has 0 radical (unpaired) electrons. The molecule has 138 valence electrons. The molecule has 0 saturated heterocycles. The minimum absolute atomic E-state index is 0.120. The number of ketones is 1. The number of phenolic OH excluding ortho intramolecular Hbond substituents is 1. The Hall–Kier alpha value is -3.34. The number of aromatic nitrogens is 2. The number of ether oxygens (including phenoxy) is 1. The number of carbonyl (C=O) groups is 1. The average Bonchev–Trinajstić information content (AvgIpc) is 2.97. The quantitative estimate of drug-likeness (QED) is 0.528. The Morgan fingerprint density at radius 2 is 1.89 bits per heavy atom. The maximum Gasteiger partial charge on any atom is 0.185 e. The molecule has 0 spiro atoms. The highest BCUT2D eigenvalue weighted by molar-refractivity contribution is 6.06. The van der Waals surface area contributed by atoms with Crippen LogP contribution in [0.25, 0.3) is 6.08 Å². The molecule has 0 bridgehead atoms. The summed E-state index contributed by atoms with van der Waals surface area (Å²) in [7, 11) is 1.64. The van der Waals surface area contributed by atoms with Crippen LogP contribution in [-0.4, -0.2) is 27.8 Å². The summed E-state index contributed by atoms with van der Waals surface area (Å²) in [5.74, 6) is 0.801. The predicted octanol–water partition coefficient (Wildman–Crippen LogP) is 4.16. The molecule has 0 atom stereocenters. The summed E-state index contributed by atoms with van der Waals surface area (Å²) in [4.78, 5) is 12.3. The highest BCUT2D eigenvalue weighted by Gasteiger charge is 2.08. The van der Waals surface area contributed by atoms with Gasteiger partial charge in [-0.1, -0.05) is 12.1 Å². The third-order valence-corrected chi connectivity index (χ3v) is 4.31. The number of carbonyl (C=O) groups excluding carboxylic acids is 1. The Kier molecular flexibility index (Phi) is 5.41. The van der Waals surface area contributed by atoms with E-state index in [1.807, 2.05) is 42.8 Å². The lowest BCUT2D eigenvalue weighted by Gasteiger charge is -2.11. The number of nitrogens with zero attached hydrogens (tertiary/aromatic N) is 2. The van der Waals surface area contributed by atoms with Gasteiger partial charge in [-0.25, -0.2) is 0 Å². The summed E-state index contributed by atoms with van der Waals surface area (Å²) >= 11 is 0. The molecule has 3 rings (SSSR count). The fourth-order valence-corrected chi connectivity index (χ4v) is 2.92. The van der Waals surface area contributed by atoms with Gasteiger partial charge >= 0.3 is 0 Å². The highest BCUT2D eigenvalue weighted by atomic mass is 16.5. The lowest BCUT2D eigenvalue weighted by atomic mass is 10.1. The number of benzene rings is 2. The maximum atomic E-state index is 12.3. The van der Waals surface area contributed by atoms with Crippen LogP contribution < -0.4 is 4.74 Å². The zero-order valence-corrected chi connectivity index (χ0v) is 15.6. The molecule has 0 aliphatic heterocycles. The number of aryl methyl sites for hydroxylation is 2. The van der Waals surface area contributed by atoms with Crippen molar-refractivity contribution in [3.05, 3.63) is 82.7 Å². The largest absolute Gasteiger partial charge is 0.508 e. The molecule has 0 aliphatic carbocycles. The van der Waals surface area contributed by atoms with Gasteiger partial charge in [0.15, 0.2) is 5.78 Å². The van der Waals surface area contributed by atoms with Gasteiger partial charge in [-0.15, -0.1) is 0 Å². The van der Waals surface area contributed by atoms with E-state index in [2.05, 4.69) is 5.10 Å². The lowest BCUT2D eigenvalue weighted by Crippen LogP contribution is -2.05. The fraction of sp³-hybridized carbons (Fsp3) is 0.182. The first-order valence-electron chi connectivity index (χ1n) is 8.65. The van der Waals surface area contributed by atoms with Crippen molar-refractivity contribution in [2.24, 2.45) is 0 Å². The van der Waals surface area contributed by atoms with Gasteiger partial charge in [0.05, 0.1) is 19.3 Å². The van der Waals surface area contributed by atoms with Crippen LogP contribution in [0.3, 0.4) is 0 Å². The molecule has 1 aromatic heterocycles. The summed E-state index contributed by atoms with van der Waals surface area (Å²) < 4.78 is 7.40. The van der Waals surface area contributed by atoms with Crippen molar-refractivity contribution >= 4 is 11.9 Å². The number of rotatable bonds is 6. The molecular formula is C22H22N2O3. The van der Waals surface area contributed by atoms with E-state index >= 15 is 0 Å². The molecule has 0 unspecified atom stereocenters. The number of aromatic hydroxyl groups is 1. The number of allylic oxidation sites excluding steroid dienone is 1. The number of methoxy groups -OCH3 is 1.